The number of hydrogen-bond donors (Lipinski definition) is 1. The molecule has 0 aliphatic rings. The number of rotatable bonds is 3. The van der Waals surface area contributed by atoms with Crippen molar-refractivity contribution in [3.63, 3.8) is 0 Å². The Morgan fingerprint density at radius 3 is 2.53 bits per heavy atom. The SMILES string of the molecule is O=C(O)c1cccc(C(=O)Oc2cnccn2)c1.[KH]. The monoisotopic (exact) mass is 284 g/mol. The van der Waals surface area contributed by atoms with Crippen LogP contribution >= 0.6 is 0 Å². The van der Waals surface area contributed by atoms with E-state index in [1.165, 1.54) is 42.9 Å². The van der Waals surface area contributed by atoms with E-state index in [2.05, 4.69) is 9.97 Å². The molecule has 1 N–H and O–H groups in total. The number of aromatic carboxylic acids is 1. The van der Waals surface area contributed by atoms with Gasteiger partial charge in [0, 0.05) is 12.4 Å². The summed E-state index contributed by atoms with van der Waals surface area (Å²) < 4.78 is 4.93. The molecule has 0 aliphatic heterocycles. The molecule has 92 valence electrons. The molecule has 0 saturated carbocycles. The first-order valence-corrected chi connectivity index (χ1v) is 4.98. The second-order valence-corrected chi connectivity index (χ2v) is 3.32. The van der Waals surface area contributed by atoms with Crippen molar-refractivity contribution >= 4 is 63.3 Å². The van der Waals surface area contributed by atoms with Gasteiger partial charge < -0.3 is 9.84 Å². The van der Waals surface area contributed by atoms with Crippen LogP contribution in [-0.4, -0.2) is 78.4 Å². The first-order valence-electron chi connectivity index (χ1n) is 4.98. The Hall–Kier alpha value is -1.12. The van der Waals surface area contributed by atoms with Crippen LogP contribution in [0.4, 0.5) is 0 Å². The van der Waals surface area contributed by atoms with Crippen molar-refractivity contribution in [2.45, 2.75) is 0 Å². The summed E-state index contributed by atoms with van der Waals surface area (Å²) in [6, 6.07) is 5.56. The Morgan fingerprint density at radius 1 is 1.16 bits per heavy atom. The molecule has 1 aromatic heterocycles. The summed E-state index contributed by atoms with van der Waals surface area (Å²) in [4.78, 5) is 30.0. The van der Waals surface area contributed by atoms with Crippen LogP contribution in [0.15, 0.2) is 42.9 Å². The first kappa shape index (κ1) is 15.9. The summed E-state index contributed by atoms with van der Waals surface area (Å²) in [7, 11) is 0. The summed E-state index contributed by atoms with van der Waals surface area (Å²) in [5.74, 6) is -1.73. The minimum atomic E-state index is -1.11. The van der Waals surface area contributed by atoms with Gasteiger partial charge in [0.1, 0.15) is 0 Å². The third-order valence-electron chi connectivity index (χ3n) is 2.08. The predicted octanol–water partition coefficient (Wildman–Crippen LogP) is 0.745. The molecule has 0 spiro atoms. The van der Waals surface area contributed by atoms with Crippen LogP contribution in [-0.2, 0) is 0 Å². The standard InChI is InChI=1S/C12H8N2O4.K.H/c15-11(16)8-2-1-3-9(6-8)12(17)18-10-7-13-4-5-14-10;;/h1-7H,(H,15,16);;. The molecule has 0 atom stereocenters. The number of esters is 1. The van der Waals surface area contributed by atoms with Gasteiger partial charge in [0.15, 0.2) is 0 Å². The van der Waals surface area contributed by atoms with Gasteiger partial charge in [-0.2, -0.15) is 0 Å². The summed E-state index contributed by atoms with van der Waals surface area (Å²) >= 11 is 0. The van der Waals surface area contributed by atoms with E-state index in [0.29, 0.717) is 0 Å². The van der Waals surface area contributed by atoms with Crippen molar-refractivity contribution in [1.29, 1.82) is 0 Å². The van der Waals surface area contributed by atoms with Gasteiger partial charge in [0.05, 0.1) is 17.3 Å². The van der Waals surface area contributed by atoms with Crippen molar-refractivity contribution in [1.82, 2.24) is 9.97 Å². The van der Waals surface area contributed by atoms with Crippen molar-refractivity contribution in [2.75, 3.05) is 0 Å². The molecule has 0 amide bonds. The number of aromatic nitrogens is 2. The second kappa shape index (κ2) is 7.46. The number of carboxylic acid groups (broad SMARTS) is 1. The third kappa shape index (κ3) is 4.48. The summed E-state index contributed by atoms with van der Waals surface area (Å²) in [6.07, 6.45) is 4.12. The molecule has 2 rings (SSSR count). The van der Waals surface area contributed by atoms with E-state index in [0.717, 1.165) is 0 Å². The number of ether oxygens (including phenoxy) is 1. The van der Waals surface area contributed by atoms with Crippen molar-refractivity contribution in [3.8, 4) is 5.88 Å². The molecular formula is C12H9KN2O4. The molecule has 6 nitrogen and oxygen atoms in total. The van der Waals surface area contributed by atoms with Crippen LogP contribution in [0.1, 0.15) is 20.7 Å². The third-order valence-corrected chi connectivity index (χ3v) is 2.08. The van der Waals surface area contributed by atoms with Crippen LogP contribution < -0.4 is 4.74 Å². The average Bonchev–Trinajstić information content (AvgIpc) is 2.40. The van der Waals surface area contributed by atoms with E-state index in [1.54, 1.807) is 0 Å². The molecule has 7 heteroatoms. The fraction of sp³-hybridized carbons (Fsp3) is 0. The van der Waals surface area contributed by atoms with Crippen LogP contribution in [0.25, 0.3) is 0 Å². The Balaban J connectivity index is 0.00000180. The Morgan fingerprint density at radius 2 is 1.89 bits per heavy atom. The summed E-state index contributed by atoms with van der Waals surface area (Å²) in [5.41, 5.74) is 0.157. The van der Waals surface area contributed by atoms with Gasteiger partial charge in [-0.3, -0.25) is 4.98 Å². The number of carbonyl (C=O) groups excluding carboxylic acids is 1. The number of hydrogen-bond acceptors (Lipinski definition) is 5. The topological polar surface area (TPSA) is 89.4 Å². The van der Waals surface area contributed by atoms with E-state index in [9.17, 15) is 9.59 Å². The van der Waals surface area contributed by atoms with Crippen LogP contribution in [0.3, 0.4) is 0 Å². The van der Waals surface area contributed by atoms with Gasteiger partial charge in [0.25, 0.3) is 0 Å². The van der Waals surface area contributed by atoms with Crippen molar-refractivity contribution in [3.05, 3.63) is 54.0 Å². The van der Waals surface area contributed by atoms with E-state index in [-0.39, 0.29) is 68.4 Å². The maximum absolute atomic E-state index is 11.7. The average molecular weight is 284 g/mol. The molecule has 1 heterocycles. The Labute approximate surface area is 151 Å². The number of benzene rings is 1. The minimum absolute atomic E-state index is 0. The Bertz CT molecular complexity index is 589. The maximum atomic E-state index is 11.7. The molecule has 2 aromatic rings. The fourth-order valence-corrected chi connectivity index (χ4v) is 1.27. The Kier molecular flexibility index (Phi) is 6.26. The second-order valence-electron chi connectivity index (χ2n) is 3.32. The van der Waals surface area contributed by atoms with Gasteiger partial charge in [-0.15, -0.1) is 0 Å². The molecule has 0 aliphatic carbocycles. The number of nitrogens with zero attached hydrogens (tertiary/aromatic N) is 2. The number of carbonyl (C=O) groups is 2. The van der Waals surface area contributed by atoms with E-state index in [4.69, 9.17) is 9.84 Å². The summed E-state index contributed by atoms with van der Waals surface area (Å²) in [6.45, 7) is 0. The zero-order valence-electron chi connectivity index (χ0n) is 9.11. The van der Waals surface area contributed by atoms with E-state index >= 15 is 0 Å². The molecule has 0 unspecified atom stereocenters. The molecule has 1 aromatic carbocycles. The normalized spacial score (nSPS) is 9.26. The molecular weight excluding hydrogens is 275 g/mol. The molecule has 0 radical (unpaired) electrons. The van der Waals surface area contributed by atoms with Crippen molar-refractivity contribution in [2.24, 2.45) is 0 Å². The van der Waals surface area contributed by atoms with Gasteiger partial charge in [-0.25, -0.2) is 14.6 Å². The van der Waals surface area contributed by atoms with Crippen LogP contribution in [0, 0.1) is 0 Å². The molecule has 0 saturated heterocycles. The van der Waals surface area contributed by atoms with Gasteiger partial charge in [0.2, 0.25) is 5.88 Å². The predicted molar refractivity (Wildman–Crippen MR) is 67.5 cm³/mol. The van der Waals surface area contributed by atoms with Gasteiger partial charge >= 0.3 is 63.3 Å². The van der Waals surface area contributed by atoms with Gasteiger partial charge in [-0.1, -0.05) is 6.07 Å². The van der Waals surface area contributed by atoms with Gasteiger partial charge in [-0.05, 0) is 18.2 Å². The molecule has 0 fully saturated rings. The molecule has 0 bridgehead atoms. The van der Waals surface area contributed by atoms with Crippen LogP contribution in [0.2, 0.25) is 0 Å². The molecule has 19 heavy (non-hydrogen) atoms. The quantitative estimate of drug-likeness (QED) is 0.660. The van der Waals surface area contributed by atoms with E-state index < -0.39 is 11.9 Å². The summed E-state index contributed by atoms with van der Waals surface area (Å²) in [5, 5.41) is 8.81. The van der Waals surface area contributed by atoms with Crippen molar-refractivity contribution < 1.29 is 19.4 Å². The first-order chi connectivity index (χ1) is 8.66. The number of carboxylic acids is 1. The fourth-order valence-electron chi connectivity index (χ4n) is 1.27. The van der Waals surface area contributed by atoms with E-state index in [1.807, 2.05) is 0 Å². The zero-order chi connectivity index (χ0) is 13.0. The van der Waals surface area contributed by atoms with Crippen LogP contribution in [0.5, 0.6) is 5.88 Å². The zero-order valence-corrected chi connectivity index (χ0v) is 9.11.